The third kappa shape index (κ3) is 2.76. The molecule has 0 saturated carbocycles. The van der Waals surface area contributed by atoms with Gasteiger partial charge in [-0.2, -0.15) is 0 Å². The van der Waals surface area contributed by atoms with E-state index in [4.69, 9.17) is 0 Å². The van der Waals surface area contributed by atoms with Crippen molar-refractivity contribution in [2.45, 2.75) is 13.0 Å². The summed E-state index contributed by atoms with van der Waals surface area (Å²) in [5.74, 6) is 0. The minimum absolute atomic E-state index is 0.293. The van der Waals surface area contributed by atoms with Crippen LogP contribution in [0.15, 0.2) is 31.2 Å². The van der Waals surface area contributed by atoms with Crippen molar-refractivity contribution in [2.24, 2.45) is 0 Å². The molecule has 0 spiro atoms. The van der Waals surface area contributed by atoms with E-state index in [9.17, 15) is 0 Å². The molecule has 1 unspecified atom stereocenters. The minimum atomic E-state index is 0.293. The van der Waals surface area contributed by atoms with Gasteiger partial charge in [0, 0.05) is 10.4 Å². The van der Waals surface area contributed by atoms with Crippen LogP contribution in [-0.2, 0) is 0 Å². The summed E-state index contributed by atoms with van der Waals surface area (Å²) < 4.78 is 2.35. The maximum absolute atomic E-state index is 3.63. The number of thiophene rings is 2. The second-order valence-electron chi connectivity index (χ2n) is 3.29. The molecule has 0 aliphatic heterocycles. The average Bonchev–Trinajstić information content (AvgIpc) is 2.85. The van der Waals surface area contributed by atoms with Crippen LogP contribution < -0.4 is 5.32 Å². The first kappa shape index (κ1) is 12.8. The fourth-order valence-electron chi connectivity index (χ4n) is 1.57. The molecular formula is C11H11Br2NS2. The van der Waals surface area contributed by atoms with E-state index in [1.54, 1.807) is 22.7 Å². The minimum Gasteiger partial charge on any atom is -0.306 e. The Morgan fingerprint density at radius 3 is 2.75 bits per heavy atom. The Labute approximate surface area is 120 Å². The Bertz CT molecular complexity index is 451. The third-order valence-electron chi connectivity index (χ3n) is 2.23. The summed E-state index contributed by atoms with van der Waals surface area (Å²) in [5, 5.41) is 5.64. The Morgan fingerprint density at radius 2 is 2.25 bits per heavy atom. The highest BCUT2D eigenvalue weighted by atomic mass is 79.9. The standard InChI is InChI=1S/C11H11Br2NS2/c1-2-14-10(8-4-3-5-15-8)7-6-9(12)16-11(7)13/h3-6,10,14H,2H2,1H3. The van der Waals surface area contributed by atoms with Crippen molar-refractivity contribution in [2.75, 3.05) is 6.54 Å². The van der Waals surface area contributed by atoms with Gasteiger partial charge in [-0.25, -0.2) is 0 Å². The van der Waals surface area contributed by atoms with E-state index >= 15 is 0 Å². The number of rotatable bonds is 4. The zero-order valence-electron chi connectivity index (χ0n) is 8.67. The van der Waals surface area contributed by atoms with Crippen LogP contribution in [-0.4, -0.2) is 6.54 Å². The van der Waals surface area contributed by atoms with Crippen LogP contribution in [0.3, 0.4) is 0 Å². The van der Waals surface area contributed by atoms with Crippen molar-refractivity contribution >= 4 is 54.5 Å². The van der Waals surface area contributed by atoms with Gasteiger partial charge in [0.15, 0.2) is 0 Å². The van der Waals surface area contributed by atoms with Crippen LogP contribution in [0.2, 0.25) is 0 Å². The molecule has 86 valence electrons. The first-order chi connectivity index (χ1) is 7.72. The molecule has 0 radical (unpaired) electrons. The smallest absolute Gasteiger partial charge is 0.0762 e. The van der Waals surface area contributed by atoms with Crippen LogP contribution in [0.25, 0.3) is 0 Å². The molecule has 0 fully saturated rings. The fourth-order valence-corrected chi connectivity index (χ4v) is 5.29. The molecule has 0 aliphatic rings. The predicted molar refractivity (Wildman–Crippen MR) is 79.6 cm³/mol. The van der Waals surface area contributed by atoms with Crippen molar-refractivity contribution in [1.29, 1.82) is 0 Å². The zero-order chi connectivity index (χ0) is 11.5. The SMILES string of the molecule is CCNC(c1cccs1)c1cc(Br)sc1Br. The molecular weight excluding hydrogens is 370 g/mol. The Hall–Kier alpha value is 0.320. The topological polar surface area (TPSA) is 12.0 Å². The quantitative estimate of drug-likeness (QED) is 0.783. The molecule has 0 saturated heterocycles. The summed E-state index contributed by atoms with van der Waals surface area (Å²) >= 11 is 10.7. The molecule has 0 bridgehead atoms. The van der Waals surface area contributed by atoms with Crippen LogP contribution >= 0.6 is 54.5 Å². The summed E-state index contributed by atoms with van der Waals surface area (Å²) in [5.41, 5.74) is 1.31. The summed E-state index contributed by atoms with van der Waals surface area (Å²) in [4.78, 5) is 1.35. The lowest BCUT2D eigenvalue weighted by molar-refractivity contribution is 0.639. The van der Waals surface area contributed by atoms with Crippen molar-refractivity contribution in [3.8, 4) is 0 Å². The van der Waals surface area contributed by atoms with E-state index in [-0.39, 0.29) is 0 Å². The van der Waals surface area contributed by atoms with Crippen molar-refractivity contribution in [1.82, 2.24) is 5.32 Å². The number of halogens is 2. The van der Waals surface area contributed by atoms with Crippen molar-refractivity contribution in [3.05, 3.63) is 41.6 Å². The molecule has 0 aromatic carbocycles. The van der Waals surface area contributed by atoms with Crippen molar-refractivity contribution < 1.29 is 0 Å². The maximum atomic E-state index is 3.63. The van der Waals surface area contributed by atoms with Crippen LogP contribution in [0.1, 0.15) is 23.4 Å². The fraction of sp³-hybridized carbons (Fsp3) is 0.273. The molecule has 0 amide bonds. The molecule has 1 nitrogen and oxygen atoms in total. The molecule has 2 heterocycles. The number of nitrogens with one attached hydrogen (secondary N) is 1. The van der Waals surface area contributed by atoms with E-state index < -0.39 is 0 Å². The highest BCUT2D eigenvalue weighted by Crippen LogP contribution is 2.38. The largest absolute Gasteiger partial charge is 0.306 e. The van der Waals surface area contributed by atoms with Gasteiger partial charge in [-0.1, -0.05) is 13.0 Å². The molecule has 1 N–H and O–H groups in total. The molecule has 5 heteroatoms. The van der Waals surface area contributed by atoms with Gasteiger partial charge in [0.05, 0.1) is 13.6 Å². The molecule has 2 aromatic rings. The monoisotopic (exact) mass is 379 g/mol. The first-order valence-electron chi connectivity index (χ1n) is 4.94. The lowest BCUT2D eigenvalue weighted by Gasteiger charge is -2.15. The van der Waals surface area contributed by atoms with E-state index in [0.717, 1.165) is 10.3 Å². The first-order valence-corrected chi connectivity index (χ1v) is 8.22. The summed E-state index contributed by atoms with van der Waals surface area (Å²) in [7, 11) is 0. The second-order valence-corrected chi connectivity index (χ2v) is 8.01. The normalized spacial score (nSPS) is 12.9. The van der Waals surface area contributed by atoms with Crippen molar-refractivity contribution in [3.63, 3.8) is 0 Å². The molecule has 2 aromatic heterocycles. The van der Waals surface area contributed by atoms with Gasteiger partial charge < -0.3 is 5.32 Å². The molecule has 16 heavy (non-hydrogen) atoms. The molecule has 1 atom stereocenters. The van der Waals surface area contributed by atoms with Crippen LogP contribution in [0.5, 0.6) is 0 Å². The van der Waals surface area contributed by atoms with E-state index in [1.807, 2.05) is 0 Å². The van der Waals surface area contributed by atoms with Gasteiger partial charge in [-0.15, -0.1) is 22.7 Å². The van der Waals surface area contributed by atoms with Crippen LogP contribution in [0.4, 0.5) is 0 Å². The maximum Gasteiger partial charge on any atom is 0.0762 e. The van der Waals surface area contributed by atoms with E-state index in [2.05, 4.69) is 67.7 Å². The summed E-state index contributed by atoms with van der Waals surface area (Å²) in [6, 6.07) is 6.75. The van der Waals surface area contributed by atoms with Gasteiger partial charge in [-0.05, 0) is 55.9 Å². The lowest BCUT2D eigenvalue weighted by atomic mass is 10.1. The highest BCUT2D eigenvalue weighted by molar-refractivity contribution is 9.12. The van der Waals surface area contributed by atoms with Gasteiger partial charge in [0.1, 0.15) is 0 Å². The predicted octanol–water partition coefficient (Wildman–Crippen LogP) is 5.03. The van der Waals surface area contributed by atoms with Gasteiger partial charge in [0.25, 0.3) is 0 Å². The lowest BCUT2D eigenvalue weighted by Crippen LogP contribution is -2.20. The highest BCUT2D eigenvalue weighted by Gasteiger charge is 2.18. The van der Waals surface area contributed by atoms with Gasteiger partial charge in [-0.3, -0.25) is 0 Å². The Balaban J connectivity index is 2.36. The Kier molecular flexibility index (Phi) is 4.61. The van der Waals surface area contributed by atoms with Gasteiger partial charge in [0.2, 0.25) is 0 Å². The van der Waals surface area contributed by atoms with Gasteiger partial charge >= 0.3 is 0 Å². The van der Waals surface area contributed by atoms with Crippen LogP contribution in [0, 0.1) is 0 Å². The summed E-state index contributed by atoms with van der Waals surface area (Å²) in [6.45, 7) is 3.10. The van der Waals surface area contributed by atoms with E-state index in [1.165, 1.54) is 14.2 Å². The Morgan fingerprint density at radius 1 is 1.44 bits per heavy atom. The summed E-state index contributed by atoms with van der Waals surface area (Å²) in [6.07, 6.45) is 0. The second kappa shape index (κ2) is 5.78. The number of hydrogen-bond donors (Lipinski definition) is 1. The number of hydrogen-bond acceptors (Lipinski definition) is 3. The molecule has 0 aliphatic carbocycles. The van der Waals surface area contributed by atoms with E-state index in [0.29, 0.717) is 6.04 Å². The molecule has 2 rings (SSSR count). The third-order valence-corrected chi connectivity index (χ3v) is 5.55. The average molecular weight is 381 g/mol. The zero-order valence-corrected chi connectivity index (χ0v) is 13.5.